The molecule has 0 unspecified atom stereocenters. The number of fused-ring (bicyclic) bond motifs is 5. The highest BCUT2D eigenvalue weighted by Crippen LogP contribution is 2.33. The Morgan fingerprint density at radius 3 is 1.57 bits per heavy atom. The molecule has 130 valence electrons. The van der Waals surface area contributed by atoms with Gasteiger partial charge >= 0.3 is 0 Å². The number of rotatable bonds is 1. The van der Waals surface area contributed by atoms with Crippen molar-refractivity contribution in [1.29, 1.82) is 0 Å². The van der Waals surface area contributed by atoms with E-state index in [1.165, 1.54) is 54.2 Å². The van der Waals surface area contributed by atoms with Gasteiger partial charge in [0.05, 0.1) is 0 Å². The van der Waals surface area contributed by atoms with Crippen LogP contribution in [0.5, 0.6) is 0 Å². The summed E-state index contributed by atoms with van der Waals surface area (Å²) in [5.41, 5.74) is 2.53. The van der Waals surface area contributed by atoms with Crippen LogP contribution < -0.4 is 0 Å². The van der Waals surface area contributed by atoms with Crippen LogP contribution in [-0.4, -0.2) is 0 Å². The molecule has 0 aliphatic heterocycles. The summed E-state index contributed by atoms with van der Waals surface area (Å²) in [6, 6.07) is 39.8. The van der Waals surface area contributed by atoms with Crippen molar-refractivity contribution in [2.45, 2.75) is 0 Å². The van der Waals surface area contributed by atoms with Gasteiger partial charge in [-0.05, 0) is 78.5 Å². The molecular formula is C28H18. The Morgan fingerprint density at radius 2 is 0.786 bits per heavy atom. The van der Waals surface area contributed by atoms with Gasteiger partial charge in [0.2, 0.25) is 0 Å². The number of benzene rings is 6. The molecule has 0 bridgehead atoms. The van der Waals surface area contributed by atoms with Gasteiger partial charge in [0.1, 0.15) is 0 Å². The van der Waals surface area contributed by atoms with E-state index >= 15 is 0 Å². The Kier molecular flexibility index (Phi) is 3.27. The van der Waals surface area contributed by atoms with Crippen LogP contribution in [0, 0.1) is 0 Å². The highest BCUT2D eigenvalue weighted by molar-refractivity contribution is 6.13. The van der Waals surface area contributed by atoms with Gasteiger partial charge in [0.25, 0.3) is 0 Å². The average Bonchev–Trinajstić information content (AvgIpc) is 2.77. The third-order valence-electron chi connectivity index (χ3n) is 5.79. The molecule has 0 spiro atoms. The fourth-order valence-corrected chi connectivity index (χ4v) is 4.29. The van der Waals surface area contributed by atoms with Crippen molar-refractivity contribution in [3.63, 3.8) is 0 Å². The van der Waals surface area contributed by atoms with Crippen molar-refractivity contribution in [3.05, 3.63) is 109 Å². The van der Waals surface area contributed by atoms with Gasteiger partial charge in [0, 0.05) is 0 Å². The lowest BCUT2D eigenvalue weighted by atomic mass is 9.94. The maximum absolute atomic E-state index is 2.34. The number of hydrogen-bond donors (Lipinski definition) is 0. The van der Waals surface area contributed by atoms with Gasteiger partial charge in [-0.1, -0.05) is 84.9 Å². The Hall–Kier alpha value is -3.64. The van der Waals surface area contributed by atoms with Crippen LogP contribution in [0.1, 0.15) is 0 Å². The Morgan fingerprint density at radius 1 is 0.286 bits per heavy atom. The summed E-state index contributed by atoms with van der Waals surface area (Å²) >= 11 is 0. The molecule has 0 heterocycles. The molecule has 0 aliphatic rings. The summed E-state index contributed by atoms with van der Waals surface area (Å²) < 4.78 is 0. The summed E-state index contributed by atoms with van der Waals surface area (Å²) in [6.45, 7) is 0. The molecule has 0 nitrogen and oxygen atoms in total. The summed E-state index contributed by atoms with van der Waals surface area (Å²) in [6.07, 6.45) is 0. The highest BCUT2D eigenvalue weighted by Gasteiger charge is 2.06. The molecule has 0 heteroatoms. The molecule has 0 amide bonds. The predicted molar refractivity (Wildman–Crippen MR) is 122 cm³/mol. The molecule has 0 saturated carbocycles. The van der Waals surface area contributed by atoms with Gasteiger partial charge in [-0.15, -0.1) is 0 Å². The Labute approximate surface area is 163 Å². The molecule has 0 saturated heterocycles. The minimum Gasteiger partial charge on any atom is -0.0616 e. The molecule has 0 aromatic heterocycles. The number of hydrogen-bond acceptors (Lipinski definition) is 0. The van der Waals surface area contributed by atoms with Crippen LogP contribution >= 0.6 is 0 Å². The third-order valence-corrected chi connectivity index (χ3v) is 5.79. The van der Waals surface area contributed by atoms with E-state index in [9.17, 15) is 0 Å². The van der Waals surface area contributed by atoms with E-state index < -0.39 is 0 Å². The fraction of sp³-hybridized carbons (Fsp3) is 0. The zero-order chi connectivity index (χ0) is 18.5. The molecule has 0 N–H and O–H groups in total. The SMILES string of the molecule is c1ccc2cc(-c3ccc4ccc5cc6ccccc6cc5c4c3)ccc2c1. The summed E-state index contributed by atoms with van der Waals surface area (Å²) in [4.78, 5) is 0. The maximum Gasteiger partial charge on any atom is -0.00988 e. The Bertz CT molecular complexity index is 1510. The molecule has 0 aliphatic carbocycles. The maximum atomic E-state index is 2.34. The standard InChI is InChI=1S/C28H18/c1-2-6-21-15-24(12-9-19(21)5-1)25-13-10-20-11-14-26-16-22-7-3-4-8-23(22)17-28(26)27(20)18-25/h1-18H. The first kappa shape index (κ1) is 15.4. The molecule has 28 heavy (non-hydrogen) atoms. The quantitative estimate of drug-likeness (QED) is 0.207. The van der Waals surface area contributed by atoms with E-state index in [2.05, 4.69) is 109 Å². The summed E-state index contributed by atoms with van der Waals surface area (Å²) in [7, 11) is 0. The lowest BCUT2D eigenvalue weighted by molar-refractivity contribution is 1.68. The van der Waals surface area contributed by atoms with Gasteiger partial charge in [-0.3, -0.25) is 0 Å². The molecule has 6 rings (SSSR count). The van der Waals surface area contributed by atoms with E-state index in [1.807, 2.05) is 0 Å². The van der Waals surface area contributed by atoms with Crippen LogP contribution in [0.4, 0.5) is 0 Å². The first-order valence-electron chi connectivity index (χ1n) is 9.70. The van der Waals surface area contributed by atoms with Crippen molar-refractivity contribution < 1.29 is 0 Å². The molecule has 6 aromatic carbocycles. The average molecular weight is 354 g/mol. The highest BCUT2D eigenvalue weighted by atomic mass is 14.1. The van der Waals surface area contributed by atoms with Crippen molar-refractivity contribution in [1.82, 2.24) is 0 Å². The lowest BCUT2D eigenvalue weighted by Gasteiger charge is -2.10. The van der Waals surface area contributed by atoms with Crippen LogP contribution in [0.15, 0.2) is 109 Å². The molecule has 0 atom stereocenters. The van der Waals surface area contributed by atoms with Crippen molar-refractivity contribution in [3.8, 4) is 11.1 Å². The Balaban J connectivity index is 1.63. The second-order valence-electron chi connectivity index (χ2n) is 7.48. The minimum absolute atomic E-state index is 1.26. The largest absolute Gasteiger partial charge is 0.0616 e. The normalized spacial score (nSPS) is 11.6. The minimum atomic E-state index is 1.26. The van der Waals surface area contributed by atoms with Gasteiger partial charge in [0.15, 0.2) is 0 Å². The molecule has 6 aromatic rings. The molecular weight excluding hydrogens is 336 g/mol. The topological polar surface area (TPSA) is 0 Å². The zero-order valence-electron chi connectivity index (χ0n) is 15.4. The zero-order valence-corrected chi connectivity index (χ0v) is 15.4. The van der Waals surface area contributed by atoms with E-state index in [-0.39, 0.29) is 0 Å². The molecule has 0 radical (unpaired) electrons. The van der Waals surface area contributed by atoms with Crippen LogP contribution in [0.2, 0.25) is 0 Å². The second-order valence-corrected chi connectivity index (χ2v) is 7.48. The van der Waals surface area contributed by atoms with Gasteiger partial charge < -0.3 is 0 Å². The first-order valence-corrected chi connectivity index (χ1v) is 9.70. The lowest BCUT2D eigenvalue weighted by Crippen LogP contribution is -1.83. The summed E-state index contributed by atoms with van der Waals surface area (Å²) in [5, 5.41) is 10.4. The third kappa shape index (κ3) is 2.39. The second kappa shape index (κ2) is 5.94. The van der Waals surface area contributed by atoms with Crippen LogP contribution in [0.25, 0.3) is 54.2 Å². The van der Waals surface area contributed by atoms with Crippen LogP contribution in [0.3, 0.4) is 0 Å². The van der Waals surface area contributed by atoms with Crippen molar-refractivity contribution in [2.24, 2.45) is 0 Å². The fourth-order valence-electron chi connectivity index (χ4n) is 4.29. The van der Waals surface area contributed by atoms with Crippen molar-refractivity contribution >= 4 is 43.1 Å². The van der Waals surface area contributed by atoms with E-state index in [4.69, 9.17) is 0 Å². The van der Waals surface area contributed by atoms with E-state index in [1.54, 1.807) is 0 Å². The van der Waals surface area contributed by atoms with Crippen LogP contribution in [-0.2, 0) is 0 Å². The van der Waals surface area contributed by atoms with E-state index in [0.29, 0.717) is 0 Å². The van der Waals surface area contributed by atoms with Crippen molar-refractivity contribution in [2.75, 3.05) is 0 Å². The van der Waals surface area contributed by atoms with Gasteiger partial charge in [-0.2, -0.15) is 0 Å². The van der Waals surface area contributed by atoms with E-state index in [0.717, 1.165) is 0 Å². The monoisotopic (exact) mass is 354 g/mol. The molecule has 0 fully saturated rings. The summed E-state index contributed by atoms with van der Waals surface area (Å²) in [5.74, 6) is 0. The first-order chi connectivity index (χ1) is 13.8. The predicted octanol–water partition coefficient (Wildman–Crippen LogP) is 7.97. The van der Waals surface area contributed by atoms with Gasteiger partial charge in [-0.25, -0.2) is 0 Å². The smallest absolute Gasteiger partial charge is 0.00988 e.